The lowest BCUT2D eigenvalue weighted by molar-refractivity contribution is -0.132. The molecule has 1 aromatic rings. The van der Waals surface area contributed by atoms with Gasteiger partial charge >= 0.3 is 0 Å². The van der Waals surface area contributed by atoms with Gasteiger partial charge in [0.15, 0.2) is 0 Å². The zero-order valence-electron chi connectivity index (χ0n) is 11.4. The summed E-state index contributed by atoms with van der Waals surface area (Å²) in [7, 11) is 0. The van der Waals surface area contributed by atoms with E-state index < -0.39 is 0 Å². The Morgan fingerprint density at radius 1 is 1.26 bits per heavy atom. The maximum Gasteiger partial charge on any atom is 0.227 e. The van der Waals surface area contributed by atoms with E-state index >= 15 is 0 Å². The second kappa shape index (κ2) is 6.66. The molecule has 1 saturated heterocycles. The monoisotopic (exact) mass is 264 g/mol. The molecule has 0 saturated carbocycles. The number of piperazine rings is 1. The quantitative estimate of drug-likeness (QED) is 0.829. The summed E-state index contributed by atoms with van der Waals surface area (Å²) in [5.74, 6) is -0.181. The van der Waals surface area contributed by atoms with Crippen molar-refractivity contribution in [1.29, 1.82) is 0 Å². The zero-order valence-corrected chi connectivity index (χ0v) is 11.4. The molecule has 1 aliphatic rings. The smallest absolute Gasteiger partial charge is 0.227 e. The van der Waals surface area contributed by atoms with Crippen molar-refractivity contribution in [3.05, 3.63) is 35.6 Å². The third kappa shape index (κ3) is 4.03. The highest BCUT2D eigenvalue weighted by Crippen LogP contribution is 2.08. The first-order valence-electron chi connectivity index (χ1n) is 6.93. The van der Waals surface area contributed by atoms with Crippen LogP contribution in [0.25, 0.3) is 0 Å². The molecular formula is C15H21FN2O. The fraction of sp³-hybridized carbons (Fsp3) is 0.533. The molecule has 1 heterocycles. The summed E-state index contributed by atoms with van der Waals surface area (Å²) >= 11 is 0. The number of hydrogen-bond donors (Lipinski definition) is 0. The maximum atomic E-state index is 13.1. The molecule has 0 radical (unpaired) electrons. The van der Waals surface area contributed by atoms with Gasteiger partial charge in [-0.05, 0) is 30.7 Å². The SMILES string of the molecule is CCCN1CCN(C(=O)Cc2cccc(F)c2)CC1. The Morgan fingerprint density at radius 2 is 2.00 bits per heavy atom. The van der Waals surface area contributed by atoms with Crippen LogP contribution < -0.4 is 0 Å². The highest BCUT2D eigenvalue weighted by molar-refractivity contribution is 5.78. The lowest BCUT2D eigenvalue weighted by atomic mass is 10.1. The number of benzene rings is 1. The summed E-state index contributed by atoms with van der Waals surface area (Å²) in [6.07, 6.45) is 1.45. The first-order chi connectivity index (χ1) is 9.19. The van der Waals surface area contributed by atoms with Crippen molar-refractivity contribution in [3.63, 3.8) is 0 Å². The van der Waals surface area contributed by atoms with Crippen LogP contribution in [0.4, 0.5) is 4.39 Å². The van der Waals surface area contributed by atoms with E-state index in [4.69, 9.17) is 0 Å². The van der Waals surface area contributed by atoms with Gasteiger partial charge in [0.2, 0.25) is 5.91 Å². The predicted octanol–water partition coefficient (Wildman–Crippen LogP) is 1.92. The van der Waals surface area contributed by atoms with Crippen molar-refractivity contribution in [3.8, 4) is 0 Å². The highest BCUT2D eigenvalue weighted by Gasteiger charge is 2.20. The van der Waals surface area contributed by atoms with Crippen LogP contribution in [0.15, 0.2) is 24.3 Å². The Labute approximate surface area is 114 Å². The average molecular weight is 264 g/mol. The summed E-state index contributed by atoms with van der Waals surface area (Å²) in [6, 6.07) is 6.29. The normalized spacial score (nSPS) is 16.6. The molecule has 0 atom stereocenters. The van der Waals surface area contributed by atoms with Crippen LogP contribution in [0.5, 0.6) is 0 Å². The van der Waals surface area contributed by atoms with Crippen LogP contribution in [-0.4, -0.2) is 48.4 Å². The van der Waals surface area contributed by atoms with Crippen LogP contribution in [0.2, 0.25) is 0 Å². The van der Waals surface area contributed by atoms with Crippen molar-refractivity contribution in [1.82, 2.24) is 9.80 Å². The molecule has 0 spiro atoms. The second-order valence-corrected chi connectivity index (χ2v) is 5.03. The van der Waals surface area contributed by atoms with E-state index in [2.05, 4.69) is 11.8 Å². The van der Waals surface area contributed by atoms with Crippen molar-refractivity contribution in [2.24, 2.45) is 0 Å². The molecule has 1 amide bonds. The van der Waals surface area contributed by atoms with Gasteiger partial charge in [-0.15, -0.1) is 0 Å². The van der Waals surface area contributed by atoms with E-state index in [9.17, 15) is 9.18 Å². The number of carbonyl (C=O) groups excluding carboxylic acids is 1. The van der Waals surface area contributed by atoms with E-state index in [0.29, 0.717) is 6.42 Å². The minimum Gasteiger partial charge on any atom is -0.340 e. The highest BCUT2D eigenvalue weighted by atomic mass is 19.1. The number of halogens is 1. The Kier molecular flexibility index (Phi) is 4.91. The number of amides is 1. The van der Waals surface area contributed by atoms with Crippen LogP contribution >= 0.6 is 0 Å². The molecule has 19 heavy (non-hydrogen) atoms. The van der Waals surface area contributed by atoms with Gasteiger partial charge in [-0.1, -0.05) is 19.1 Å². The minimum atomic E-state index is -0.280. The van der Waals surface area contributed by atoms with Gasteiger partial charge in [-0.25, -0.2) is 4.39 Å². The number of hydrogen-bond acceptors (Lipinski definition) is 2. The summed E-state index contributed by atoms with van der Waals surface area (Å²) in [4.78, 5) is 16.4. The number of carbonyl (C=O) groups is 1. The third-order valence-electron chi connectivity index (χ3n) is 3.51. The zero-order chi connectivity index (χ0) is 13.7. The van der Waals surface area contributed by atoms with E-state index in [1.807, 2.05) is 4.90 Å². The fourth-order valence-electron chi connectivity index (χ4n) is 2.47. The molecule has 0 bridgehead atoms. The summed E-state index contributed by atoms with van der Waals surface area (Å²) in [5.41, 5.74) is 0.751. The Morgan fingerprint density at radius 3 is 2.63 bits per heavy atom. The van der Waals surface area contributed by atoms with Crippen LogP contribution in [0.1, 0.15) is 18.9 Å². The average Bonchev–Trinajstić information content (AvgIpc) is 2.40. The van der Waals surface area contributed by atoms with Gasteiger partial charge in [0.1, 0.15) is 5.82 Å². The van der Waals surface area contributed by atoms with Gasteiger partial charge < -0.3 is 4.90 Å². The van der Waals surface area contributed by atoms with Crippen LogP contribution in [0.3, 0.4) is 0 Å². The summed E-state index contributed by atoms with van der Waals surface area (Å²) in [5, 5.41) is 0. The predicted molar refractivity (Wildman–Crippen MR) is 73.4 cm³/mol. The molecule has 3 nitrogen and oxygen atoms in total. The number of rotatable bonds is 4. The van der Waals surface area contributed by atoms with Gasteiger partial charge in [0.05, 0.1) is 6.42 Å². The molecule has 104 valence electrons. The van der Waals surface area contributed by atoms with Gasteiger partial charge in [-0.3, -0.25) is 9.69 Å². The molecule has 0 aliphatic carbocycles. The Bertz CT molecular complexity index is 428. The third-order valence-corrected chi connectivity index (χ3v) is 3.51. The Balaban J connectivity index is 1.84. The molecular weight excluding hydrogens is 243 g/mol. The lowest BCUT2D eigenvalue weighted by Crippen LogP contribution is -2.49. The molecule has 1 fully saturated rings. The van der Waals surface area contributed by atoms with E-state index in [1.54, 1.807) is 12.1 Å². The lowest BCUT2D eigenvalue weighted by Gasteiger charge is -2.34. The molecule has 1 aliphatic heterocycles. The van der Waals surface area contributed by atoms with Crippen molar-refractivity contribution < 1.29 is 9.18 Å². The topological polar surface area (TPSA) is 23.6 Å². The molecule has 0 unspecified atom stereocenters. The number of nitrogens with zero attached hydrogens (tertiary/aromatic N) is 2. The van der Waals surface area contributed by atoms with E-state index in [-0.39, 0.29) is 11.7 Å². The molecule has 4 heteroatoms. The molecule has 0 N–H and O–H groups in total. The van der Waals surface area contributed by atoms with Crippen LogP contribution in [-0.2, 0) is 11.2 Å². The largest absolute Gasteiger partial charge is 0.340 e. The van der Waals surface area contributed by atoms with Crippen molar-refractivity contribution >= 4 is 5.91 Å². The molecule has 0 aromatic heterocycles. The first kappa shape index (κ1) is 14.0. The van der Waals surface area contributed by atoms with Crippen LogP contribution in [0, 0.1) is 5.82 Å². The maximum absolute atomic E-state index is 13.1. The second-order valence-electron chi connectivity index (χ2n) is 5.03. The fourth-order valence-corrected chi connectivity index (χ4v) is 2.47. The van der Waals surface area contributed by atoms with E-state index in [1.165, 1.54) is 12.1 Å². The minimum absolute atomic E-state index is 0.0988. The summed E-state index contributed by atoms with van der Waals surface area (Å²) in [6.45, 7) is 6.74. The molecule has 1 aromatic carbocycles. The van der Waals surface area contributed by atoms with E-state index in [0.717, 1.165) is 44.7 Å². The van der Waals surface area contributed by atoms with Gasteiger partial charge in [0.25, 0.3) is 0 Å². The first-order valence-corrected chi connectivity index (χ1v) is 6.93. The summed E-state index contributed by atoms with van der Waals surface area (Å²) < 4.78 is 13.1. The standard InChI is InChI=1S/C15H21FN2O/c1-2-6-17-7-9-18(10-8-17)15(19)12-13-4-3-5-14(16)11-13/h3-5,11H,2,6-10,12H2,1H3. The Hall–Kier alpha value is -1.42. The van der Waals surface area contributed by atoms with Crippen molar-refractivity contribution in [2.75, 3.05) is 32.7 Å². The van der Waals surface area contributed by atoms with Crippen molar-refractivity contribution in [2.45, 2.75) is 19.8 Å². The van der Waals surface area contributed by atoms with Gasteiger partial charge in [-0.2, -0.15) is 0 Å². The van der Waals surface area contributed by atoms with Gasteiger partial charge in [0, 0.05) is 26.2 Å². The molecule has 2 rings (SSSR count).